The minimum absolute atomic E-state index is 0.0333. The lowest BCUT2D eigenvalue weighted by atomic mass is 9.70. The lowest BCUT2D eigenvalue weighted by Crippen LogP contribution is -2.53. The number of rotatable bonds is 3. The fourth-order valence-electron chi connectivity index (χ4n) is 3.31. The first-order chi connectivity index (χ1) is 9.37. The number of carbonyl (C=O) groups excluding carboxylic acids is 1. The topological polar surface area (TPSA) is 89.3 Å². The zero-order valence-electron chi connectivity index (χ0n) is 12.2. The lowest BCUT2D eigenvalue weighted by Gasteiger charge is -2.38. The molecule has 2 fully saturated rings. The van der Waals surface area contributed by atoms with Gasteiger partial charge in [-0.3, -0.25) is 4.79 Å². The Bertz CT molecular complexity index is 453. The van der Waals surface area contributed by atoms with Crippen molar-refractivity contribution in [3.63, 3.8) is 0 Å². The first-order valence-electron chi connectivity index (χ1n) is 7.58. The van der Waals surface area contributed by atoms with Gasteiger partial charge in [0.15, 0.2) is 9.84 Å². The summed E-state index contributed by atoms with van der Waals surface area (Å²) in [6, 6.07) is -0.232. The van der Waals surface area contributed by atoms with Crippen molar-refractivity contribution >= 4 is 15.7 Å². The Morgan fingerprint density at radius 2 is 1.95 bits per heavy atom. The molecule has 2 rings (SSSR count). The molecule has 1 saturated heterocycles. The summed E-state index contributed by atoms with van der Waals surface area (Å²) < 4.78 is 23.3. The lowest BCUT2D eigenvalue weighted by molar-refractivity contribution is -0.133. The van der Waals surface area contributed by atoms with E-state index >= 15 is 0 Å². The van der Waals surface area contributed by atoms with Gasteiger partial charge in [0, 0.05) is 12.6 Å². The van der Waals surface area contributed by atoms with Crippen LogP contribution < -0.4 is 11.1 Å². The average molecular weight is 302 g/mol. The zero-order valence-corrected chi connectivity index (χ0v) is 13.0. The van der Waals surface area contributed by atoms with Crippen LogP contribution in [-0.2, 0) is 14.6 Å². The van der Waals surface area contributed by atoms with Crippen molar-refractivity contribution in [2.24, 2.45) is 17.1 Å². The number of amides is 1. The zero-order chi connectivity index (χ0) is 14.8. The van der Waals surface area contributed by atoms with Gasteiger partial charge in [-0.1, -0.05) is 6.92 Å². The van der Waals surface area contributed by atoms with Gasteiger partial charge in [-0.05, 0) is 44.4 Å². The standard InChI is InChI=1S/C14H26N2O3S/c1-11-4-6-14(10-15,7-5-11)13(17)16-12-3-2-8-20(18,19)9-12/h11-12H,2-10,15H2,1H3,(H,16,17). The molecule has 0 aromatic rings. The summed E-state index contributed by atoms with van der Waals surface area (Å²) >= 11 is 0. The van der Waals surface area contributed by atoms with Crippen LogP contribution in [-0.4, -0.2) is 38.4 Å². The summed E-state index contributed by atoms with van der Waals surface area (Å²) in [5, 5.41) is 2.95. The Morgan fingerprint density at radius 3 is 2.50 bits per heavy atom. The van der Waals surface area contributed by atoms with E-state index in [1.807, 2.05) is 0 Å². The van der Waals surface area contributed by atoms with Crippen molar-refractivity contribution < 1.29 is 13.2 Å². The van der Waals surface area contributed by atoms with E-state index in [1.54, 1.807) is 0 Å². The number of hydrogen-bond donors (Lipinski definition) is 2. The first kappa shape index (κ1) is 15.8. The van der Waals surface area contributed by atoms with Crippen molar-refractivity contribution in [3.05, 3.63) is 0 Å². The third-order valence-corrected chi connectivity index (χ3v) is 6.72. The minimum atomic E-state index is -2.99. The molecule has 0 radical (unpaired) electrons. The SMILES string of the molecule is CC1CCC(CN)(C(=O)NC2CCCS(=O)(=O)C2)CC1. The fourth-order valence-corrected chi connectivity index (χ4v) is 4.95. The molecule has 2 aliphatic rings. The predicted octanol–water partition coefficient (Wildman–Crippen LogP) is 0.835. The number of hydrogen-bond acceptors (Lipinski definition) is 4. The number of sulfone groups is 1. The van der Waals surface area contributed by atoms with Crippen LogP contribution in [0.25, 0.3) is 0 Å². The molecule has 0 aromatic carbocycles. The maximum atomic E-state index is 12.6. The number of carbonyl (C=O) groups is 1. The van der Waals surface area contributed by atoms with Crippen LogP contribution in [0.4, 0.5) is 0 Å². The average Bonchev–Trinajstić information content (AvgIpc) is 2.38. The molecule has 1 aliphatic carbocycles. The van der Waals surface area contributed by atoms with Crippen LogP contribution in [0.15, 0.2) is 0 Å². The van der Waals surface area contributed by atoms with E-state index in [0.29, 0.717) is 18.9 Å². The fraction of sp³-hybridized carbons (Fsp3) is 0.929. The number of nitrogens with two attached hydrogens (primary N) is 1. The van der Waals surface area contributed by atoms with Crippen molar-refractivity contribution in [2.45, 2.75) is 51.5 Å². The van der Waals surface area contributed by atoms with E-state index in [2.05, 4.69) is 12.2 Å². The second-order valence-corrected chi connectivity index (χ2v) is 8.82. The molecule has 20 heavy (non-hydrogen) atoms. The molecule has 1 saturated carbocycles. The largest absolute Gasteiger partial charge is 0.352 e. The summed E-state index contributed by atoms with van der Waals surface area (Å²) in [5.41, 5.74) is 5.39. The van der Waals surface area contributed by atoms with Crippen molar-refractivity contribution in [1.29, 1.82) is 0 Å². The van der Waals surface area contributed by atoms with E-state index in [9.17, 15) is 13.2 Å². The molecule has 0 spiro atoms. The van der Waals surface area contributed by atoms with Gasteiger partial charge in [0.1, 0.15) is 0 Å². The third-order valence-electron chi connectivity index (χ3n) is 4.90. The minimum Gasteiger partial charge on any atom is -0.352 e. The second kappa shape index (κ2) is 6.02. The van der Waals surface area contributed by atoms with Gasteiger partial charge < -0.3 is 11.1 Å². The number of nitrogens with one attached hydrogen (secondary N) is 1. The van der Waals surface area contributed by atoms with Crippen molar-refractivity contribution in [2.75, 3.05) is 18.1 Å². The maximum absolute atomic E-state index is 12.6. The van der Waals surface area contributed by atoms with Crippen LogP contribution in [0, 0.1) is 11.3 Å². The van der Waals surface area contributed by atoms with Crippen molar-refractivity contribution in [3.8, 4) is 0 Å². The van der Waals surface area contributed by atoms with E-state index < -0.39 is 15.3 Å². The van der Waals surface area contributed by atoms with E-state index in [-0.39, 0.29) is 23.5 Å². The normalized spacial score (nSPS) is 37.3. The Kier molecular flexibility index (Phi) is 4.74. The molecule has 1 amide bonds. The summed E-state index contributed by atoms with van der Waals surface area (Å²) in [6.45, 7) is 2.55. The Hall–Kier alpha value is -0.620. The molecule has 0 aromatic heterocycles. The van der Waals surface area contributed by atoms with E-state index in [0.717, 1.165) is 32.1 Å². The van der Waals surface area contributed by atoms with E-state index in [4.69, 9.17) is 5.73 Å². The molecule has 1 unspecified atom stereocenters. The van der Waals surface area contributed by atoms with Gasteiger partial charge in [-0.15, -0.1) is 0 Å². The summed E-state index contributed by atoms with van der Waals surface area (Å²) in [7, 11) is -2.99. The summed E-state index contributed by atoms with van der Waals surface area (Å²) in [5.74, 6) is 0.945. The highest BCUT2D eigenvalue weighted by Gasteiger charge is 2.41. The van der Waals surface area contributed by atoms with Gasteiger partial charge in [-0.25, -0.2) is 8.42 Å². The highest BCUT2D eigenvalue weighted by molar-refractivity contribution is 7.91. The Balaban J connectivity index is 1.99. The third kappa shape index (κ3) is 3.52. The Morgan fingerprint density at radius 1 is 1.30 bits per heavy atom. The van der Waals surface area contributed by atoms with E-state index in [1.165, 1.54) is 0 Å². The van der Waals surface area contributed by atoms with Crippen LogP contribution in [0.3, 0.4) is 0 Å². The monoisotopic (exact) mass is 302 g/mol. The molecular formula is C14H26N2O3S. The molecular weight excluding hydrogens is 276 g/mol. The Labute approximate surface area is 121 Å². The molecule has 0 bridgehead atoms. The molecule has 1 heterocycles. The van der Waals surface area contributed by atoms with Crippen LogP contribution in [0.5, 0.6) is 0 Å². The van der Waals surface area contributed by atoms with Crippen molar-refractivity contribution in [1.82, 2.24) is 5.32 Å². The van der Waals surface area contributed by atoms with Gasteiger partial charge >= 0.3 is 0 Å². The molecule has 3 N–H and O–H groups in total. The van der Waals surface area contributed by atoms with Crippen LogP contribution in [0.1, 0.15) is 45.4 Å². The quantitative estimate of drug-likeness (QED) is 0.808. The van der Waals surface area contributed by atoms with Gasteiger partial charge in [0.05, 0.1) is 16.9 Å². The van der Waals surface area contributed by atoms with Gasteiger partial charge in [0.25, 0.3) is 0 Å². The molecule has 1 atom stereocenters. The predicted molar refractivity (Wildman–Crippen MR) is 78.9 cm³/mol. The first-order valence-corrected chi connectivity index (χ1v) is 9.40. The van der Waals surface area contributed by atoms with Gasteiger partial charge in [0.2, 0.25) is 5.91 Å². The highest BCUT2D eigenvalue weighted by Crippen LogP contribution is 2.38. The summed E-state index contributed by atoms with van der Waals surface area (Å²) in [4.78, 5) is 12.6. The highest BCUT2D eigenvalue weighted by atomic mass is 32.2. The smallest absolute Gasteiger partial charge is 0.227 e. The van der Waals surface area contributed by atoms with Crippen LogP contribution >= 0.6 is 0 Å². The second-order valence-electron chi connectivity index (χ2n) is 6.59. The summed E-state index contributed by atoms with van der Waals surface area (Å²) in [6.07, 6.45) is 5.06. The van der Waals surface area contributed by atoms with Crippen LogP contribution in [0.2, 0.25) is 0 Å². The molecule has 5 nitrogen and oxygen atoms in total. The maximum Gasteiger partial charge on any atom is 0.227 e. The molecule has 6 heteroatoms. The van der Waals surface area contributed by atoms with Gasteiger partial charge in [-0.2, -0.15) is 0 Å². The molecule has 1 aliphatic heterocycles. The molecule has 116 valence electrons.